The van der Waals surface area contributed by atoms with Crippen LogP contribution in [0.15, 0.2) is 15.7 Å². The van der Waals surface area contributed by atoms with Crippen molar-refractivity contribution in [1.29, 1.82) is 0 Å². The lowest BCUT2D eigenvalue weighted by Gasteiger charge is -2.23. The number of anilines is 1. The third-order valence-corrected chi connectivity index (χ3v) is 4.95. The highest BCUT2D eigenvalue weighted by Crippen LogP contribution is 2.41. The Labute approximate surface area is 154 Å². The first-order chi connectivity index (χ1) is 11.9. The van der Waals surface area contributed by atoms with Gasteiger partial charge in [0.05, 0.1) is 18.0 Å². The van der Waals surface area contributed by atoms with Gasteiger partial charge in [0.1, 0.15) is 11.4 Å². The Morgan fingerprint density at radius 2 is 1.96 bits per heavy atom. The second-order valence-electron chi connectivity index (χ2n) is 6.69. The highest BCUT2D eigenvalue weighted by Gasteiger charge is 2.33. The zero-order chi connectivity index (χ0) is 17.9. The van der Waals surface area contributed by atoms with Gasteiger partial charge in [0.25, 0.3) is 5.56 Å². The number of rotatable bonds is 3. The lowest BCUT2D eigenvalue weighted by atomic mass is 10.1. The van der Waals surface area contributed by atoms with Crippen molar-refractivity contribution in [3.05, 3.63) is 32.7 Å². The van der Waals surface area contributed by atoms with E-state index in [1.54, 1.807) is 4.90 Å². The molecule has 2 heterocycles. The van der Waals surface area contributed by atoms with Gasteiger partial charge in [0.15, 0.2) is 5.82 Å². The van der Waals surface area contributed by atoms with E-state index < -0.39 is 17.1 Å². The van der Waals surface area contributed by atoms with Gasteiger partial charge in [-0.2, -0.15) is 4.68 Å². The lowest BCUT2D eigenvalue weighted by Crippen LogP contribution is -2.44. The third kappa shape index (κ3) is 2.62. The number of methoxy groups -OCH3 is 1. The van der Waals surface area contributed by atoms with Crippen LogP contribution in [-0.4, -0.2) is 35.5 Å². The molecule has 0 bridgehead atoms. The molecule has 2 aromatic rings. The van der Waals surface area contributed by atoms with E-state index in [2.05, 4.69) is 0 Å². The number of nitrogens with zero attached hydrogens (tertiary/aromatic N) is 3. The summed E-state index contributed by atoms with van der Waals surface area (Å²) < 4.78 is 22.7. The molecule has 1 saturated carbocycles. The van der Waals surface area contributed by atoms with Crippen LogP contribution in [0.4, 0.5) is 10.1 Å². The molecule has 1 aliphatic heterocycles. The quantitative estimate of drug-likeness (QED) is 0.736. The summed E-state index contributed by atoms with van der Waals surface area (Å²) >= 11 is 0. The van der Waals surface area contributed by atoms with Crippen molar-refractivity contribution >= 4 is 29.0 Å². The van der Waals surface area contributed by atoms with E-state index in [1.807, 2.05) is 0 Å². The Kier molecular flexibility index (Phi) is 4.61. The highest BCUT2D eigenvalue weighted by molar-refractivity contribution is 5.87. The molecule has 1 aromatic carbocycles. The molecular weight excluding hydrogens is 365 g/mol. The molecule has 2 fully saturated rings. The average Bonchev–Trinajstić information content (AvgIpc) is 3.34. The Balaban J connectivity index is 0.00000196. The van der Waals surface area contributed by atoms with E-state index in [0.717, 1.165) is 19.3 Å². The molecule has 1 unspecified atom stereocenters. The van der Waals surface area contributed by atoms with Crippen molar-refractivity contribution in [1.82, 2.24) is 9.24 Å². The minimum atomic E-state index is -0.737. The smallest absolute Gasteiger partial charge is 0.350 e. The molecule has 0 amide bonds. The molecule has 1 saturated heterocycles. The maximum Gasteiger partial charge on any atom is 0.350 e. The van der Waals surface area contributed by atoms with Crippen molar-refractivity contribution in [3.63, 3.8) is 0 Å². The molecule has 142 valence electrons. The van der Waals surface area contributed by atoms with Gasteiger partial charge in [-0.1, -0.05) is 0 Å². The number of fused-ring (bicyclic) bond motifs is 1. The fraction of sp³-hybridized carbons (Fsp3) is 0.500. The van der Waals surface area contributed by atoms with Crippen LogP contribution < -0.4 is 32.5 Å². The SMILES string of the molecule is COc1cc2c(=O)n(N)c(=O)n(C3CC3)c2c(F)c1N1CCC(N)C1.Cl. The summed E-state index contributed by atoms with van der Waals surface area (Å²) in [5.41, 5.74) is 4.74. The third-order valence-electron chi connectivity index (χ3n) is 4.95. The molecule has 4 N–H and O–H groups in total. The van der Waals surface area contributed by atoms with Crippen molar-refractivity contribution in [2.75, 3.05) is 30.9 Å². The fourth-order valence-electron chi connectivity index (χ4n) is 3.55. The zero-order valence-electron chi connectivity index (χ0n) is 14.3. The molecule has 0 spiro atoms. The van der Waals surface area contributed by atoms with Crippen LogP contribution in [0, 0.1) is 5.82 Å². The molecule has 0 radical (unpaired) electrons. The van der Waals surface area contributed by atoms with Crippen molar-refractivity contribution in [2.24, 2.45) is 5.73 Å². The summed E-state index contributed by atoms with van der Waals surface area (Å²) in [4.78, 5) is 26.7. The summed E-state index contributed by atoms with van der Waals surface area (Å²) in [6.07, 6.45) is 2.24. The van der Waals surface area contributed by atoms with E-state index in [1.165, 1.54) is 17.7 Å². The predicted molar refractivity (Wildman–Crippen MR) is 99.5 cm³/mol. The van der Waals surface area contributed by atoms with Gasteiger partial charge in [-0.3, -0.25) is 9.36 Å². The average molecular weight is 386 g/mol. The Bertz CT molecular complexity index is 985. The topological polar surface area (TPSA) is 109 Å². The number of hydrogen-bond acceptors (Lipinski definition) is 6. The molecule has 1 aromatic heterocycles. The van der Waals surface area contributed by atoms with Crippen LogP contribution in [0.3, 0.4) is 0 Å². The number of nitrogens with two attached hydrogens (primary N) is 2. The maximum atomic E-state index is 15.5. The van der Waals surface area contributed by atoms with E-state index in [4.69, 9.17) is 16.3 Å². The van der Waals surface area contributed by atoms with Crippen LogP contribution in [-0.2, 0) is 0 Å². The Morgan fingerprint density at radius 1 is 1.27 bits per heavy atom. The Morgan fingerprint density at radius 3 is 2.50 bits per heavy atom. The molecule has 10 heteroatoms. The Hall–Kier alpha value is -2.26. The van der Waals surface area contributed by atoms with Crippen LogP contribution in [0.1, 0.15) is 25.3 Å². The second kappa shape index (κ2) is 6.48. The van der Waals surface area contributed by atoms with E-state index in [0.29, 0.717) is 17.8 Å². The van der Waals surface area contributed by atoms with Crippen LogP contribution in [0.25, 0.3) is 10.9 Å². The lowest BCUT2D eigenvalue weighted by molar-refractivity contribution is 0.412. The summed E-state index contributed by atoms with van der Waals surface area (Å²) in [7, 11) is 1.41. The fourth-order valence-corrected chi connectivity index (χ4v) is 3.55. The molecule has 1 aliphatic carbocycles. The first kappa shape index (κ1) is 18.5. The second-order valence-corrected chi connectivity index (χ2v) is 6.69. The van der Waals surface area contributed by atoms with Gasteiger partial charge in [-0.15, -0.1) is 12.4 Å². The van der Waals surface area contributed by atoms with E-state index in [-0.39, 0.29) is 46.8 Å². The standard InChI is InChI=1S/C16H20FN5O3.ClH/c1-25-11-6-10-13(12(17)14(11)20-5-4-8(18)7-20)21(9-2-3-9)16(24)22(19)15(10)23;/h6,8-9H,2-5,7,18-19H2,1H3;1H. The molecule has 2 aliphatic rings. The minimum Gasteiger partial charge on any atom is -0.494 e. The number of hydrogen-bond donors (Lipinski definition) is 2. The first-order valence-corrected chi connectivity index (χ1v) is 8.27. The largest absolute Gasteiger partial charge is 0.494 e. The van der Waals surface area contributed by atoms with Gasteiger partial charge >= 0.3 is 5.69 Å². The van der Waals surface area contributed by atoms with E-state index >= 15 is 4.39 Å². The van der Waals surface area contributed by atoms with Gasteiger partial charge < -0.3 is 21.2 Å². The summed E-state index contributed by atoms with van der Waals surface area (Å²) in [5, 5.41) is 0.0376. The van der Waals surface area contributed by atoms with Crippen molar-refractivity contribution in [2.45, 2.75) is 31.3 Å². The molecule has 4 rings (SSSR count). The van der Waals surface area contributed by atoms with Gasteiger partial charge in [-0.05, 0) is 25.3 Å². The number of aromatic nitrogens is 2. The number of halogens is 2. The van der Waals surface area contributed by atoms with Crippen molar-refractivity contribution < 1.29 is 9.13 Å². The monoisotopic (exact) mass is 385 g/mol. The van der Waals surface area contributed by atoms with Gasteiger partial charge in [0.2, 0.25) is 0 Å². The zero-order valence-corrected chi connectivity index (χ0v) is 15.1. The van der Waals surface area contributed by atoms with E-state index in [9.17, 15) is 9.59 Å². The van der Waals surface area contributed by atoms with Crippen LogP contribution >= 0.6 is 12.4 Å². The predicted octanol–water partition coefficient (Wildman–Crippen LogP) is 0.319. The first-order valence-electron chi connectivity index (χ1n) is 8.27. The molecule has 26 heavy (non-hydrogen) atoms. The molecular formula is C16H21ClFN5O3. The summed E-state index contributed by atoms with van der Waals surface area (Å²) in [6.45, 7) is 1.07. The highest BCUT2D eigenvalue weighted by atomic mass is 35.5. The minimum absolute atomic E-state index is 0. The normalized spacial score (nSPS) is 19.7. The summed E-state index contributed by atoms with van der Waals surface area (Å²) in [6, 6.07) is 1.27. The number of nitrogen functional groups attached to an aromatic ring is 1. The van der Waals surface area contributed by atoms with Gasteiger partial charge in [0, 0.05) is 25.2 Å². The molecule has 8 nitrogen and oxygen atoms in total. The summed E-state index contributed by atoms with van der Waals surface area (Å²) in [5.74, 6) is 5.21. The maximum absolute atomic E-state index is 15.5. The van der Waals surface area contributed by atoms with Crippen LogP contribution in [0.2, 0.25) is 0 Å². The van der Waals surface area contributed by atoms with Crippen molar-refractivity contribution in [3.8, 4) is 5.75 Å². The van der Waals surface area contributed by atoms with Crippen LogP contribution in [0.5, 0.6) is 5.75 Å². The number of ether oxygens (including phenoxy) is 1. The number of benzene rings is 1. The van der Waals surface area contributed by atoms with Gasteiger partial charge in [-0.25, -0.2) is 9.18 Å². The molecule has 1 atom stereocenters.